The van der Waals surface area contributed by atoms with Crippen molar-refractivity contribution in [3.05, 3.63) is 59.1 Å². The van der Waals surface area contributed by atoms with Crippen LogP contribution in [0.3, 0.4) is 0 Å². The number of benzene rings is 2. The van der Waals surface area contributed by atoms with Crippen molar-refractivity contribution in [2.24, 2.45) is 0 Å². The largest absolute Gasteiger partial charge is 0.573 e. The molecule has 31 heavy (non-hydrogen) atoms. The van der Waals surface area contributed by atoms with Crippen LogP contribution in [-0.4, -0.2) is 23.4 Å². The standard InChI is InChI=1S/C19H13ClF6N4O/c1-27-17-28-14(10-4-2-5-11(8-10)31-19(24,25)26)9-15(30-17)29-16-12(18(21,22)23)6-3-7-13(16)20/h2-9H,1H3,(H2,27,28,29,30). The van der Waals surface area contributed by atoms with Crippen LogP contribution in [-0.2, 0) is 6.18 Å². The molecule has 0 atom stereocenters. The van der Waals surface area contributed by atoms with E-state index in [2.05, 4.69) is 25.3 Å². The molecule has 0 saturated heterocycles. The van der Waals surface area contributed by atoms with Gasteiger partial charge in [-0.2, -0.15) is 18.2 Å². The van der Waals surface area contributed by atoms with Crippen LogP contribution in [0.25, 0.3) is 11.3 Å². The molecule has 5 nitrogen and oxygen atoms in total. The minimum atomic E-state index is -4.88. The van der Waals surface area contributed by atoms with Gasteiger partial charge in [0.15, 0.2) is 0 Å². The van der Waals surface area contributed by atoms with Gasteiger partial charge in [-0.25, -0.2) is 4.98 Å². The maximum atomic E-state index is 13.4. The Morgan fingerprint density at radius 2 is 1.65 bits per heavy atom. The highest BCUT2D eigenvalue weighted by Gasteiger charge is 2.34. The molecule has 1 aromatic heterocycles. The van der Waals surface area contributed by atoms with Crippen LogP contribution in [0, 0.1) is 0 Å². The van der Waals surface area contributed by atoms with E-state index in [4.69, 9.17) is 11.6 Å². The monoisotopic (exact) mass is 462 g/mol. The molecular formula is C19H13ClF6N4O. The fraction of sp³-hybridized carbons (Fsp3) is 0.158. The van der Waals surface area contributed by atoms with E-state index in [0.717, 1.165) is 24.3 Å². The second kappa shape index (κ2) is 8.50. The number of nitrogens with zero attached hydrogens (tertiary/aromatic N) is 2. The quantitative estimate of drug-likeness (QED) is 0.424. The molecule has 0 aliphatic rings. The molecule has 0 aliphatic carbocycles. The molecule has 3 aromatic rings. The summed E-state index contributed by atoms with van der Waals surface area (Å²) in [5, 5.41) is 4.98. The van der Waals surface area contributed by atoms with Gasteiger partial charge in [-0.1, -0.05) is 29.8 Å². The Labute approximate surface area is 177 Å². The van der Waals surface area contributed by atoms with E-state index < -0.39 is 29.5 Å². The molecule has 0 fully saturated rings. The molecule has 0 spiro atoms. The molecule has 164 valence electrons. The summed E-state index contributed by atoms with van der Waals surface area (Å²) in [6, 6.07) is 9.55. The highest BCUT2D eigenvalue weighted by molar-refractivity contribution is 6.33. The van der Waals surface area contributed by atoms with Crippen LogP contribution in [0.2, 0.25) is 5.02 Å². The van der Waals surface area contributed by atoms with Crippen molar-refractivity contribution in [2.75, 3.05) is 17.7 Å². The van der Waals surface area contributed by atoms with Gasteiger partial charge in [0.1, 0.15) is 11.6 Å². The minimum Gasteiger partial charge on any atom is -0.406 e. The number of hydrogen-bond acceptors (Lipinski definition) is 5. The molecule has 0 aliphatic heterocycles. The fourth-order valence-electron chi connectivity index (χ4n) is 2.64. The average molecular weight is 463 g/mol. The number of ether oxygens (including phenoxy) is 1. The van der Waals surface area contributed by atoms with E-state index in [1.807, 2.05) is 0 Å². The van der Waals surface area contributed by atoms with Gasteiger partial charge >= 0.3 is 12.5 Å². The lowest BCUT2D eigenvalue weighted by Crippen LogP contribution is -2.17. The zero-order valence-electron chi connectivity index (χ0n) is 15.6. The van der Waals surface area contributed by atoms with Gasteiger partial charge < -0.3 is 15.4 Å². The van der Waals surface area contributed by atoms with Gasteiger partial charge in [0, 0.05) is 18.7 Å². The van der Waals surface area contributed by atoms with E-state index in [-0.39, 0.29) is 28.0 Å². The third kappa shape index (κ3) is 5.69. The lowest BCUT2D eigenvalue weighted by atomic mass is 10.1. The smallest absolute Gasteiger partial charge is 0.406 e. The molecule has 0 bridgehead atoms. The van der Waals surface area contributed by atoms with E-state index in [1.54, 1.807) is 0 Å². The Balaban J connectivity index is 2.03. The Morgan fingerprint density at radius 1 is 0.935 bits per heavy atom. The maximum Gasteiger partial charge on any atom is 0.573 e. The summed E-state index contributed by atoms with van der Waals surface area (Å²) in [7, 11) is 1.47. The molecule has 0 amide bonds. The molecule has 0 radical (unpaired) electrons. The first kappa shape index (κ1) is 22.5. The Bertz CT molecular complexity index is 1090. The summed E-state index contributed by atoms with van der Waals surface area (Å²) in [5.74, 6) is -0.521. The van der Waals surface area contributed by atoms with E-state index in [1.165, 1.54) is 31.3 Å². The topological polar surface area (TPSA) is 59.1 Å². The Kier molecular flexibility index (Phi) is 6.16. The number of nitrogens with one attached hydrogen (secondary N) is 2. The van der Waals surface area contributed by atoms with Gasteiger partial charge in [-0.3, -0.25) is 0 Å². The third-order valence-corrected chi connectivity index (χ3v) is 4.20. The van der Waals surface area contributed by atoms with Crippen molar-refractivity contribution in [1.82, 2.24) is 9.97 Å². The number of alkyl halides is 6. The molecule has 12 heteroatoms. The third-order valence-electron chi connectivity index (χ3n) is 3.89. The van der Waals surface area contributed by atoms with Crippen LogP contribution < -0.4 is 15.4 Å². The predicted octanol–water partition coefficient (Wildman–Crippen LogP) is 6.50. The van der Waals surface area contributed by atoms with Gasteiger partial charge in [0.05, 0.1) is 22.0 Å². The maximum absolute atomic E-state index is 13.4. The molecule has 1 heterocycles. The van der Waals surface area contributed by atoms with Gasteiger partial charge in [-0.05, 0) is 24.3 Å². The van der Waals surface area contributed by atoms with Gasteiger partial charge in [0.25, 0.3) is 0 Å². The first-order valence-corrected chi connectivity index (χ1v) is 8.90. The number of anilines is 3. The lowest BCUT2D eigenvalue weighted by molar-refractivity contribution is -0.274. The number of aromatic nitrogens is 2. The fourth-order valence-corrected chi connectivity index (χ4v) is 2.86. The number of halogens is 7. The van der Waals surface area contributed by atoms with Crippen molar-refractivity contribution in [3.63, 3.8) is 0 Å². The van der Waals surface area contributed by atoms with Crippen molar-refractivity contribution >= 4 is 29.1 Å². The van der Waals surface area contributed by atoms with Crippen LogP contribution in [0.1, 0.15) is 5.56 Å². The summed E-state index contributed by atoms with van der Waals surface area (Å²) in [5.41, 5.74) is -1.07. The molecule has 2 aromatic carbocycles. The van der Waals surface area contributed by atoms with Gasteiger partial charge in [0.2, 0.25) is 5.95 Å². The molecule has 3 rings (SSSR count). The van der Waals surface area contributed by atoms with Crippen LogP contribution in [0.15, 0.2) is 48.5 Å². The van der Waals surface area contributed by atoms with Gasteiger partial charge in [-0.15, -0.1) is 13.2 Å². The zero-order valence-corrected chi connectivity index (χ0v) is 16.3. The van der Waals surface area contributed by atoms with Crippen molar-refractivity contribution in [2.45, 2.75) is 12.5 Å². The SMILES string of the molecule is CNc1nc(Nc2c(Cl)cccc2C(F)(F)F)cc(-c2cccc(OC(F)(F)F)c2)n1. The first-order chi connectivity index (χ1) is 14.5. The highest BCUT2D eigenvalue weighted by atomic mass is 35.5. The average Bonchev–Trinajstić information content (AvgIpc) is 2.67. The van der Waals surface area contributed by atoms with Crippen LogP contribution >= 0.6 is 11.6 Å². The summed E-state index contributed by atoms with van der Waals surface area (Å²) in [4.78, 5) is 8.19. The van der Waals surface area contributed by atoms with Crippen molar-refractivity contribution in [1.29, 1.82) is 0 Å². The number of para-hydroxylation sites is 1. The molecule has 2 N–H and O–H groups in total. The Morgan fingerprint density at radius 3 is 2.29 bits per heavy atom. The number of hydrogen-bond donors (Lipinski definition) is 2. The number of rotatable bonds is 5. The minimum absolute atomic E-state index is 0.0164. The van der Waals surface area contributed by atoms with Crippen LogP contribution in [0.5, 0.6) is 5.75 Å². The molecular weight excluding hydrogens is 450 g/mol. The Hall–Kier alpha value is -3.21. The normalized spacial score (nSPS) is 11.9. The van der Waals surface area contributed by atoms with Crippen molar-refractivity contribution < 1.29 is 31.1 Å². The van der Waals surface area contributed by atoms with E-state index >= 15 is 0 Å². The first-order valence-electron chi connectivity index (χ1n) is 8.52. The van der Waals surface area contributed by atoms with Crippen LogP contribution in [0.4, 0.5) is 43.8 Å². The molecule has 0 saturated carbocycles. The predicted molar refractivity (Wildman–Crippen MR) is 103 cm³/mol. The summed E-state index contributed by atoms with van der Waals surface area (Å²) in [6.45, 7) is 0. The molecule has 0 unspecified atom stereocenters. The van der Waals surface area contributed by atoms with Crippen molar-refractivity contribution in [3.8, 4) is 17.0 Å². The summed E-state index contributed by atoms with van der Waals surface area (Å²) < 4.78 is 81.5. The summed E-state index contributed by atoms with van der Waals surface area (Å²) >= 11 is 5.95. The van der Waals surface area contributed by atoms with E-state index in [9.17, 15) is 26.3 Å². The highest BCUT2D eigenvalue weighted by Crippen LogP contribution is 2.40. The lowest BCUT2D eigenvalue weighted by Gasteiger charge is -2.16. The zero-order chi connectivity index (χ0) is 22.8. The second-order valence-corrected chi connectivity index (χ2v) is 6.48. The second-order valence-electron chi connectivity index (χ2n) is 6.07. The summed E-state index contributed by atoms with van der Waals surface area (Å²) in [6.07, 6.45) is -9.57. The van der Waals surface area contributed by atoms with E-state index in [0.29, 0.717) is 0 Å².